The van der Waals surface area contributed by atoms with Gasteiger partial charge in [0.1, 0.15) is 0 Å². The Balaban J connectivity index is 1.88. The van der Waals surface area contributed by atoms with Gasteiger partial charge in [-0.2, -0.15) is 0 Å². The SMILES string of the molecule is COc1cc(/C=C/C(=O)OCC(=O)Nc2ccc(C)c(C)c2)ccc1OC(C)C. The maximum Gasteiger partial charge on any atom is 0.331 e. The van der Waals surface area contributed by atoms with Gasteiger partial charge in [-0.05, 0) is 74.7 Å². The highest BCUT2D eigenvalue weighted by Gasteiger charge is 2.08. The third kappa shape index (κ3) is 6.99. The maximum absolute atomic E-state index is 12.0. The quantitative estimate of drug-likeness (QED) is 0.531. The summed E-state index contributed by atoms with van der Waals surface area (Å²) in [6, 6.07) is 10.9. The van der Waals surface area contributed by atoms with Gasteiger partial charge >= 0.3 is 5.97 Å². The van der Waals surface area contributed by atoms with Crippen molar-refractivity contribution in [1.82, 2.24) is 0 Å². The van der Waals surface area contributed by atoms with Crippen molar-refractivity contribution in [2.75, 3.05) is 19.0 Å². The highest BCUT2D eigenvalue weighted by molar-refractivity contribution is 5.94. The van der Waals surface area contributed by atoms with Gasteiger partial charge in [0.15, 0.2) is 18.1 Å². The number of esters is 1. The molecule has 6 heteroatoms. The van der Waals surface area contributed by atoms with Crippen LogP contribution >= 0.6 is 0 Å². The Morgan fingerprint density at radius 2 is 1.79 bits per heavy atom. The molecule has 0 aliphatic heterocycles. The highest BCUT2D eigenvalue weighted by Crippen LogP contribution is 2.29. The topological polar surface area (TPSA) is 73.9 Å². The number of methoxy groups -OCH3 is 1. The Labute approximate surface area is 171 Å². The molecule has 2 rings (SSSR count). The summed E-state index contributed by atoms with van der Waals surface area (Å²) in [7, 11) is 1.55. The van der Waals surface area contributed by atoms with Gasteiger partial charge in [-0.3, -0.25) is 4.79 Å². The molecule has 0 aliphatic carbocycles. The highest BCUT2D eigenvalue weighted by atomic mass is 16.5. The van der Waals surface area contributed by atoms with E-state index in [-0.39, 0.29) is 12.7 Å². The molecule has 0 unspecified atom stereocenters. The first-order valence-corrected chi connectivity index (χ1v) is 9.35. The molecule has 154 valence electrons. The molecule has 0 heterocycles. The lowest BCUT2D eigenvalue weighted by molar-refractivity contribution is -0.142. The zero-order chi connectivity index (χ0) is 21.4. The second-order valence-corrected chi connectivity index (χ2v) is 6.87. The zero-order valence-corrected chi connectivity index (χ0v) is 17.4. The predicted octanol–water partition coefficient (Wildman–Crippen LogP) is 4.29. The number of amides is 1. The summed E-state index contributed by atoms with van der Waals surface area (Å²) >= 11 is 0. The summed E-state index contributed by atoms with van der Waals surface area (Å²) < 4.78 is 16.0. The van der Waals surface area contributed by atoms with Gasteiger partial charge in [0.2, 0.25) is 0 Å². The molecule has 1 amide bonds. The summed E-state index contributed by atoms with van der Waals surface area (Å²) in [6.07, 6.45) is 2.88. The van der Waals surface area contributed by atoms with Gasteiger partial charge in [0.05, 0.1) is 13.2 Å². The van der Waals surface area contributed by atoms with Crippen molar-refractivity contribution in [2.24, 2.45) is 0 Å². The van der Waals surface area contributed by atoms with Crippen molar-refractivity contribution in [3.05, 3.63) is 59.2 Å². The van der Waals surface area contributed by atoms with Gasteiger partial charge in [-0.1, -0.05) is 12.1 Å². The van der Waals surface area contributed by atoms with Crippen molar-refractivity contribution in [1.29, 1.82) is 0 Å². The monoisotopic (exact) mass is 397 g/mol. The number of carbonyl (C=O) groups is 2. The second kappa shape index (κ2) is 10.3. The van der Waals surface area contributed by atoms with Crippen LogP contribution in [-0.2, 0) is 14.3 Å². The van der Waals surface area contributed by atoms with Crippen LogP contribution in [0.5, 0.6) is 11.5 Å². The van der Waals surface area contributed by atoms with Crippen molar-refractivity contribution in [3.8, 4) is 11.5 Å². The number of hydrogen-bond acceptors (Lipinski definition) is 5. The lowest BCUT2D eigenvalue weighted by Crippen LogP contribution is -2.20. The Hall–Kier alpha value is -3.28. The molecule has 0 atom stereocenters. The van der Waals surface area contributed by atoms with Crippen LogP contribution in [0.3, 0.4) is 0 Å². The van der Waals surface area contributed by atoms with Gasteiger partial charge in [0.25, 0.3) is 5.91 Å². The molecule has 0 bridgehead atoms. The van der Waals surface area contributed by atoms with Crippen LogP contribution in [0.4, 0.5) is 5.69 Å². The Bertz CT molecular complexity index is 902. The maximum atomic E-state index is 12.0. The second-order valence-electron chi connectivity index (χ2n) is 6.87. The molecule has 0 spiro atoms. The number of rotatable bonds is 8. The van der Waals surface area contributed by atoms with Crippen LogP contribution in [0.2, 0.25) is 0 Å². The van der Waals surface area contributed by atoms with Gasteiger partial charge < -0.3 is 19.5 Å². The first kappa shape index (κ1) is 22.0. The van der Waals surface area contributed by atoms with Crippen LogP contribution in [0, 0.1) is 13.8 Å². The summed E-state index contributed by atoms with van der Waals surface area (Å²) in [6.45, 7) is 7.46. The third-order valence-corrected chi connectivity index (χ3v) is 4.10. The first-order chi connectivity index (χ1) is 13.8. The number of aryl methyl sites for hydroxylation is 2. The van der Waals surface area contributed by atoms with E-state index in [4.69, 9.17) is 14.2 Å². The van der Waals surface area contributed by atoms with Crippen LogP contribution < -0.4 is 14.8 Å². The van der Waals surface area contributed by atoms with Gasteiger partial charge in [-0.25, -0.2) is 4.79 Å². The van der Waals surface area contributed by atoms with Crippen LogP contribution in [-0.4, -0.2) is 31.7 Å². The number of benzene rings is 2. The van der Waals surface area contributed by atoms with E-state index in [1.165, 1.54) is 6.08 Å². The van der Waals surface area contributed by atoms with E-state index in [9.17, 15) is 9.59 Å². The van der Waals surface area contributed by atoms with Crippen molar-refractivity contribution in [3.63, 3.8) is 0 Å². The Morgan fingerprint density at radius 1 is 1.03 bits per heavy atom. The standard InChI is InChI=1S/C23H27NO5/c1-15(2)29-20-10-7-18(13-21(20)27-5)8-11-23(26)28-14-22(25)24-19-9-6-16(3)17(4)12-19/h6-13,15H,14H2,1-5H3,(H,24,25)/b11-8+. The fraction of sp³-hybridized carbons (Fsp3) is 0.304. The Morgan fingerprint density at radius 3 is 2.45 bits per heavy atom. The van der Waals surface area contributed by atoms with Crippen LogP contribution in [0.1, 0.15) is 30.5 Å². The van der Waals surface area contributed by atoms with Crippen LogP contribution in [0.25, 0.3) is 6.08 Å². The van der Waals surface area contributed by atoms with E-state index in [1.54, 1.807) is 31.4 Å². The van der Waals surface area contributed by atoms with E-state index in [1.807, 2.05) is 45.9 Å². The largest absolute Gasteiger partial charge is 0.493 e. The molecule has 0 radical (unpaired) electrons. The van der Waals surface area contributed by atoms with Gasteiger partial charge in [-0.15, -0.1) is 0 Å². The van der Waals surface area contributed by atoms with Crippen molar-refractivity contribution >= 4 is 23.6 Å². The van der Waals surface area contributed by atoms with Gasteiger partial charge in [0, 0.05) is 11.8 Å². The molecule has 0 aliphatic rings. The molecular formula is C23H27NO5. The molecule has 0 aromatic heterocycles. The lowest BCUT2D eigenvalue weighted by atomic mass is 10.1. The summed E-state index contributed by atoms with van der Waals surface area (Å²) in [5, 5.41) is 2.71. The molecule has 1 N–H and O–H groups in total. The minimum Gasteiger partial charge on any atom is -0.493 e. The van der Waals surface area contributed by atoms with E-state index in [2.05, 4.69) is 5.32 Å². The van der Waals surface area contributed by atoms with Crippen molar-refractivity contribution in [2.45, 2.75) is 33.8 Å². The normalized spacial score (nSPS) is 10.8. The predicted molar refractivity (Wildman–Crippen MR) is 113 cm³/mol. The van der Waals surface area contributed by atoms with Crippen molar-refractivity contribution < 1.29 is 23.8 Å². The first-order valence-electron chi connectivity index (χ1n) is 9.35. The molecule has 0 saturated heterocycles. The molecule has 0 fully saturated rings. The average Bonchev–Trinajstić information content (AvgIpc) is 2.68. The molecule has 2 aromatic carbocycles. The minimum absolute atomic E-state index is 0.0234. The number of nitrogens with one attached hydrogen (secondary N) is 1. The number of anilines is 1. The minimum atomic E-state index is -0.610. The van der Waals surface area contributed by atoms with E-state index in [0.29, 0.717) is 17.2 Å². The summed E-state index contributed by atoms with van der Waals surface area (Å²) in [4.78, 5) is 23.8. The van der Waals surface area contributed by atoms with E-state index < -0.39 is 11.9 Å². The molecule has 2 aromatic rings. The smallest absolute Gasteiger partial charge is 0.331 e. The third-order valence-electron chi connectivity index (χ3n) is 4.10. The van der Waals surface area contributed by atoms with Crippen LogP contribution in [0.15, 0.2) is 42.5 Å². The Kier molecular flexibility index (Phi) is 7.83. The zero-order valence-electron chi connectivity index (χ0n) is 17.4. The number of hydrogen-bond donors (Lipinski definition) is 1. The molecule has 29 heavy (non-hydrogen) atoms. The average molecular weight is 397 g/mol. The molecule has 6 nitrogen and oxygen atoms in total. The number of carbonyl (C=O) groups excluding carboxylic acids is 2. The fourth-order valence-electron chi connectivity index (χ4n) is 2.50. The molecule has 0 saturated carbocycles. The molecular weight excluding hydrogens is 370 g/mol. The van der Waals surface area contributed by atoms with E-state index >= 15 is 0 Å². The lowest BCUT2D eigenvalue weighted by Gasteiger charge is -2.13. The fourth-order valence-corrected chi connectivity index (χ4v) is 2.50. The summed E-state index contributed by atoms with van der Waals surface area (Å²) in [5.74, 6) is 0.195. The number of ether oxygens (including phenoxy) is 3. The summed E-state index contributed by atoms with van der Waals surface area (Å²) in [5.41, 5.74) is 3.62. The van der Waals surface area contributed by atoms with E-state index in [0.717, 1.165) is 16.7 Å².